The van der Waals surface area contributed by atoms with Crippen LogP contribution in [0.4, 0.5) is 5.69 Å². The minimum absolute atomic E-state index is 0.0974. The Morgan fingerprint density at radius 3 is 2.15 bits per heavy atom. The molecule has 5 heteroatoms. The molecule has 1 N–H and O–H groups in total. The van der Waals surface area contributed by atoms with Crippen molar-refractivity contribution >= 4 is 17.5 Å². The average molecular weight is 367 g/mol. The van der Waals surface area contributed by atoms with E-state index in [1.807, 2.05) is 48.5 Å². The predicted octanol–water partition coefficient (Wildman–Crippen LogP) is 3.56. The number of likely N-dealkylation sites (N-methyl/N-ethyl adjacent to an activating group) is 2. The van der Waals surface area contributed by atoms with Crippen LogP contribution in [0.25, 0.3) is 0 Å². The molecule has 1 atom stereocenters. The van der Waals surface area contributed by atoms with Gasteiger partial charge in [0.25, 0.3) is 0 Å². The first-order valence-corrected chi connectivity index (χ1v) is 9.35. The Balaban J connectivity index is 2.05. The number of carbonyl (C=O) groups is 2. The molecule has 0 unspecified atom stereocenters. The van der Waals surface area contributed by atoms with Gasteiger partial charge in [0.2, 0.25) is 11.8 Å². The van der Waals surface area contributed by atoms with E-state index in [-0.39, 0.29) is 24.3 Å². The molecule has 0 heterocycles. The number of rotatable bonds is 9. The summed E-state index contributed by atoms with van der Waals surface area (Å²) in [6.45, 7) is 3.82. The number of hydrogen-bond donors (Lipinski definition) is 1. The lowest BCUT2D eigenvalue weighted by atomic mass is 10.0. The van der Waals surface area contributed by atoms with Gasteiger partial charge in [-0.1, -0.05) is 55.5 Å². The van der Waals surface area contributed by atoms with Crippen molar-refractivity contribution in [2.24, 2.45) is 0 Å². The molecule has 5 nitrogen and oxygen atoms in total. The van der Waals surface area contributed by atoms with Crippen molar-refractivity contribution in [2.45, 2.75) is 25.8 Å². The largest absolute Gasteiger partial charge is 0.337 e. The molecule has 27 heavy (non-hydrogen) atoms. The summed E-state index contributed by atoms with van der Waals surface area (Å²) in [6.07, 6.45) is 0.876. The van der Waals surface area contributed by atoms with Gasteiger partial charge in [-0.2, -0.15) is 0 Å². The van der Waals surface area contributed by atoms with Gasteiger partial charge < -0.3 is 15.1 Å². The van der Waals surface area contributed by atoms with Gasteiger partial charge in [-0.3, -0.25) is 9.59 Å². The fourth-order valence-corrected chi connectivity index (χ4v) is 3.06. The number of hydrogen-bond acceptors (Lipinski definition) is 3. The zero-order valence-corrected chi connectivity index (χ0v) is 16.4. The number of carbonyl (C=O) groups excluding carboxylic acids is 2. The molecule has 2 rings (SSSR count). The smallest absolute Gasteiger partial charge is 0.233 e. The van der Waals surface area contributed by atoms with E-state index in [4.69, 9.17) is 0 Å². The number of nitrogens with zero attached hydrogens (tertiary/aromatic N) is 2. The van der Waals surface area contributed by atoms with Gasteiger partial charge in [-0.25, -0.2) is 0 Å². The van der Waals surface area contributed by atoms with Crippen molar-refractivity contribution in [3.8, 4) is 0 Å². The second-order valence-electron chi connectivity index (χ2n) is 6.78. The summed E-state index contributed by atoms with van der Waals surface area (Å²) in [7, 11) is 3.83. The van der Waals surface area contributed by atoms with Crippen molar-refractivity contribution in [1.29, 1.82) is 0 Å². The van der Waals surface area contributed by atoms with E-state index >= 15 is 0 Å². The average Bonchev–Trinajstić information content (AvgIpc) is 2.67. The first-order chi connectivity index (χ1) is 13.0. The summed E-state index contributed by atoms with van der Waals surface area (Å²) >= 11 is 0. The maximum absolute atomic E-state index is 12.7. The van der Waals surface area contributed by atoms with E-state index in [2.05, 4.69) is 24.2 Å². The molecule has 2 amide bonds. The van der Waals surface area contributed by atoms with Crippen LogP contribution in [-0.4, -0.2) is 48.8 Å². The second kappa shape index (κ2) is 10.5. The SMILES string of the molecule is CCCN(C)C[C@H](c1ccccc1)N(C)C(=O)CC(=O)Nc1ccccc1. The fraction of sp³-hybridized carbons (Fsp3) is 0.364. The van der Waals surface area contributed by atoms with Gasteiger partial charge in [-0.05, 0) is 37.7 Å². The third-order valence-corrected chi connectivity index (χ3v) is 4.50. The second-order valence-corrected chi connectivity index (χ2v) is 6.78. The lowest BCUT2D eigenvalue weighted by molar-refractivity contribution is -0.135. The molecule has 0 aliphatic heterocycles. The summed E-state index contributed by atoms with van der Waals surface area (Å²) in [5.74, 6) is -0.492. The molecule has 0 aromatic heterocycles. The van der Waals surface area contributed by atoms with Gasteiger partial charge in [0.15, 0.2) is 0 Å². The molecular formula is C22H29N3O2. The quantitative estimate of drug-likeness (QED) is 0.690. The number of anilines is 1. The zero-order chi connectivity index (χ0) is 19.6. The molecule has 0 saturated heterocycles. The van der Waals surface area contributed by atoms with Crippen molar-refractivity contribution in [3.63, 3.8) is 0 Å². The van der Waals surface area contributed by atoms with Crippen LogP contribution in [-0.2, 0) is 9.59 Å². The van der Waals surface area contributed by atoms with Crippen LogP contribution in [0.3, 0.4) is 0 Å². The molecule has 2 aromatic rings. The van der Waals surface area contributed by atoms with E-state index in [9.17, 15) is 9.59 Å². The Labute approximate surface area is 162 Å². The Hall–Kier alpha value is -2.66. The molecule has 2 aromatic carbocycles. The van der Waals surface area contributed by atoms with Crippen LogP contribution in [0.1, 0.15) is 31.4 Å². The van der Waals surface area contributed by atoms with Gasteiger partial charge in [0, 0.05) is 19.3 Å². The predicted molar refractivity (Wildman–Crippen MR) is 109 cm³/mol. The highest BCUT2D eigenvalue weighted by Gasteiger charge is 2.24. The van der Waals surface area contributed by atoms with Gasteiger partial charge in [0.1, 0.15) is 6.42 Å². The number of amides is 2. The number of benzene rings is 2. The fourth-order valence-electron chi connectivity index (χ4n) is 3.06. The Morgan fingerprint density at radius 2 is 1.56 bits per heavy atom. The monoisotopic (exact) mass is 367 g/mol. The molecule has 0 saturated carbocycles. The number of nitrogens with one attached hydrogen (secondary N) is 1. The van der Waals surface area contributed by atoms with Crippen LogP contribution >= 0.6 is 0 Å². The third-order valence-electron chi connectivity index (χ3n) is 4.50. The molecule has 144 valence electrons. The van der Waals surface area contributed by atoms with Crippen LogP contribution in [0.2, 0.25) is 0 Å². The van der Waals surface area contributed by atoms with Crippen molar-refractivity contribution in [3.05, 3.63) is 66.2 Å². The van der Waals surface area contributed by atoms with Crippen molar-refractivity contribution in [1.82, 2.24) is 9.80 Å². The minimum Gasteiger partial charge on any atom is -0.337 e. The summed E-state index contributed by atoms with van der Waals surface area (Å²) in [6, 6.07) is 19.0. The Kier molecular flexibility index (Phi) is 8.01. The molecule has 0 bridgehead atoms. The van der Waals surface area contributed by atoms with Crippen molar-refractivity contribution < 1.29 is 9.59 Å². The van der Waals surface area contributed by atoms with E-state index in [1.54, 1.807) is 24.1 Å². The standard InChI is InChI=1S/C22H29N3O2/c1-4-15-24(2)17-20(18-11-7-5-8-12-18)25(3)22(27)16-21(26)23-19-13-9-6-10-14-19/h5-14,20H,4,15-17H2,1-3H3,(H,23,26)/t20-/m1/s1. The van der Waals surface area contributed by atoms with Gasteiger partial charge in [0.05, 0.1) is 6.04 Å². The molecule has 0 radical (unpaired) electrons. The Bertz CT molecular complexity index is 719. The molecular weight excluding hydrogens is 338 g/mol. The maximum atomic E-state index is 12.7. The highest BCUT2D eigenvalue weighted by molar-refractivity contribution is 6.03. The van der Waals surface area contributed by atoms with Crippen LogP contribution in [0.5, 0.6) is 0 Å². The van der Waals surface area contributed by atoms with Crippen LogP contribution < -0.4 is 5.32 Å². The minimum atomic E-state index is -0.299. The molecule has 0 aliphatic carbocycles. The molecule has 0 fully saturated rings. The summed E-state index contributed by atoms with van der Waals surface area (Å²) in [5.41, 5.74) is 1.76. The maximum Gasteiger partial charge on any atom is 0.233 e. The van der Waals surface area contributed by atoms with E-state index < -0.39 is 0 Å². The number of para-hydroxylation sites is 1. The van der Waals surface area contributed by atoms with Crippen molar-refractivity contribution in [2.75, 3.05) is 32.5 Å². The Morgan fingerprint density at radius 1 is 0.963 bits per heavy atom. The normalized spacial score (nSPS) is 11.9. The van der Waals surface area contributed by atoms with Gasteiger partial charge in [-0.15, -0.1) is 0 Å². The molecule has 0 aliphatic rings. The summed E-state index contributed by atoms with van der Waals surface area (Å²) in [5, 5.41) is 2.77. The highest BCUT2D eigenvalue weighted by atomic mass is 16.2. The van der Waals surface area contributed by atoms with E-state index in [0.717, 1.165) is 25.1 Å². The van der Waals surface area contributed by atoms with Crippen LogP contribution in [0.15, 0.2) is 60.7 Å². The summed E-state index contributed by atoms with van der Waals surface area (Å²) < 4.78 is 0. The zero-order valence-electron chi connectivity index (χ0n) is 16.4. The lowest BCUT2D eigenvalue weighted by Gasteiger charge is -2.32. The molecule has 0 spiro atoms. The lowest BCUT2D eigenvalue weighted by Crippen LogP contribution is -2.39. The van der Waals surface area contributed by atoms with E-state index in [1.165, 1.54) is 0 Å². The highest BCUT2D eigenvalue weighted by Crippen LogP contribution is 2.21. The third kappa shape index (κ3) is 6.53. The topological polar surface area (TPSA) is 52.7 Å². The first-order valence-electron chi connectivity index (χ1n) is 9.35. The van der Waals surface area contributed by atoms with Gasteiger partial charge >= 0.3 is 0 Å². The van der Waals surface area contributed by atoms with Crippen LogP contribution in [0, 0.1) is 0 Å². The summed E-state index contributed by atoms with van der Waals surface area (Å²) in [4.78, 5) is 28.9. The van der Waals surface area contributed by atoms with E-state index in [0.29, 0.717) is 5.69 Å². The first kappa shape index (κ1) is 20.6.